The molecule has 12 heteroatoms. The van der Waals surface area contributed by atoms with Gasteiger partial charge in [0, 0.05) is 25.2 Å². The Morgan fingerprint density at radius 2 is 1.71 bits per heavy atom. The number of hydrogen-bond acceptors (Lipinski definition) is 9. The summed E-state index contributed by atoms with van der Waals surface area (Å²) in [6.07, 6.45) is 0.643. The molecular weight excluding hydrogens is 476 g/mol. The predicted octanol–water partition coefficient (Wildman–Crippen LogP) is 2.08. The Balaban J connectivity index is 1.57. The zero-order chi connectivity index (χ0) is 25.4. The molecule has 188 valence electrons. The van der Waals surface area contributed by atoms with Crippen LogP contribution in [0.2, 0.25) is 0 Å². The van der Waals surface area contributed by atoms with Crippen molar-refractivity contribution in [3.63, 3.8) is 0 Å². The number of methoxy groups -OCH3 is 4. The first-order chi connectivity index (χ1) is 16.9. The van der Waals surface area contributed by atoms with Crippen LogP contribution in [0.5, 0.6) is 23.3 Å². The van der Waals surface area contributed by atoms with E-state index >= 15 is 0 Å². The molecular formula is C23H28N4O7S. The van der Waals surface area contributed by atoms with Gasteiger partial charge in [-0.1, -0.05) is 0 Å². The third kappa shape index (κ3) is 6.27. The number of carbonyl (C=O) groups excluding carboxylic acids is 3. The predicted molar refractivity (Wildman–Crippen MR) is 130 cm³/mol. The summed E-state index contributed by atoms with van der Waals surface area (Å²) < 4.78 is 20.7. The number of hydrogen-bond donors (Lipinski definition) is 1. The molecule has 1 aliphatic heterocycles. The summed E-state index contributed by atoms with van der Waals surface area (Å²) in [5, 5.41) is 5.55. The van der Waals surface area contributed by atoms with Gasteiger partial charge in [-0.3, -0.25) is 19.4 Å². The summed E-state index contributed by atoms with van der Waals surface area (Å²) in [7, 11) is 5.91. The molecule has 1 N–H and O–H groups in total. The van der Waals surface area contributed by atoms with Crippen LogP contribution in [0.25, 0.3) is 0 Å². The minimum atomic E-state index is -0.393. The lowest BCUT2D eigenvalue weighted by Crippen LogP contribution is -2.45. The molecule has 3 amide bonds. The zero-order valence-corrected chi connectivity index (χ0v) is 20.8. The first-order valence-electron chi connectivity index (χ1n) is 10.7. The molecule has 35 heavy (non-hydrogen) atoms. The maximum atomic E-state index is 13.1. The number of thioether (sulfide) groups is 1. The summed E-state index contributed by atoms with van der Waals surface area (Å²) in [6.45, 7) is 0.796. The van der Waals surface area contributed by atoms with Gasteiger partial charge in [-0.2, -0.15) is 4.98 Å². The maximum absolute atomic E-state index is 13.1. The molecule has 0 atom stereocenters. The molecule has 1 aliphatic rings. The molecule has 2 heterocycles. The standard InChI is InChI=1S/C23H28N4O7S/c1-31-15-6-8-18(32-2)17(12-15)24-19(28)13-35-14-21(29)26-10-5-11-27(26)23(30)16-7-9-20(33-3)25-22(16)34-4/h6-9,12H,5,10-11,13-14H2,1-4H3,(H,24,28). The minimum absolute atomic E-state index is 0.0322. The van der Waals surface area contributed by atoms with Crippen LogP contribution in [0.3, 0.4) is 0 Å². The maximum Gasteiger partial charge on any atom is 0.277 e. The summed E-state index contributed by atoms with van der Waals surface area (Å²) in [6, 6.07) is 8.19. The number of anilines is 1. The SMILES string of the molecule is COc1ccc(OC)c(NC(=O)CSCC(=O)N2CCCN2C(=O)c2ccc(OC)nc2OC)c1. The number of nitrogens with one attached hydrogen (secondary N) is 1. The quantitative estimate of drug-likeness (QED) is 0.519. The lowest BCUT2D eigenvalue weighted by atomic mass is 10.2. The van der Waals surface area contributed by atoms with Crippen molar-refractivity contribution < 1.29 is 33.3 Å². The van der Waals surface area contributed by atoms with E-state index in [9.17, 15) is 14.4 Å². The zero-order valence-electron chi connectivity index (χ0n) is 20.0. The lowest BCUT2D eigenvalue weighted by Gasteiger charge is -2.28. The Hall–Kier alpha value is -3.67. The van der Waals surface area contributed by atoms with Gasteiger partial charge in [0.05, 0.1) is 45.6 Å². The molecule has 1 aromatic carbocycles. The molecule has 2 aromatic rings. The fourth-order valence-electron chi connectivity index (χ4n) is 3.48. The highest BCUT2D eigenvalue weighted by Gasteiger charge is 2.33. The van der Waals surface area contributed by atoms with Crippen molar-refractivity contribution in [2.24, 2.45) is 0 Å². The van der Waals surface area contributed by atoms with E-state index in [2.05, 4.69) is 10.3 Å². The lowest BCUT2D eigenvalue weighted by molar-refractivity contribution is -0.137. The molecule has 11 nitrogen and oxygen atoms in total. The summed E-state index contributed by atoms with van der Waals surface area (Å²) >= 11 is 1.15. The van der Waals surface area contributed by atoms with E-state index in [4.69, 9.17) is 18.9 Å². The number of hydrazine groups is 1. The van der Waals surface area contributed by atoms with Crippen LogP contribution in [0.4, 0.5) is 5.69 Å². The fourth-order valence-corrected chi connectivity index (χ4v) is 4.16. The second kappa shape index (κ2) is 12.2. The number of benzene rings is 1. The third-order valence-electron chi connectivity index (χ3n) is 5.16. The van der Waals surface area contributed by atoms with E-state index in [-0.39, 0.29) is 34.8 Å². The molecule has 0 saturated carbocycles. The Morgan fingerprint density at radius 1 is 0.943 bits per heavy atom. The molecule has 1 saturated heterocycles. The van der Waals surface area contributed by atoms with Gasteiger partial charge in [-0.15, -0.1) is 11.8 Å². The van der Waals surface area contributed by atoms with E-state index in [0.29, 0.717) is 42.6 Å². The number of rotatable bonds is 10. The summed E-state index contributed by atoms with van der Waals surface area (Å²) in [5.74, 6) is 0.624. The van der Waals surface area contributed by atoms with Crippen molar-refractivity contribution in [1.29, 1.82) is 0 Å². The highest BCUT2D eigenvalue weighted by atomic mass is 32.2. The molecule has 0 spiro atoms. The van der Waals surface area contributed by atoms with Crippen LogP contribution in [-0.2, 0) is 9.59 Å². The molecule has 0 radical (unpaired) electrons. The normalized spacial score (nSPS) is 12.8. The Morgan fingerprint density at radius 3 is 2.40 bits per heavy atom. The number of carbonyl (C=O) groups is 3. The summed E-state index contributed by atoms with van der Waals surface area (Å²) in [4.78, 5) is 42.5. The Labute approximate surface area is 207 Å². The fraction of sp³-hybridized carbons (Fsp3) is 0.391. The average Bonchev–Trinajstić information content (AvgIpc) is 3.38. The highest BCUT2D eigenvalue weighted by molar-refractivity contribution is 8.00. The third-order valence-corrected chi connectivity index (χ3v) is 6.08. The van der Waals surface area contributed by atoms with Crippen molar-refractivity contribution in [2.45, 2.75) is 6.42 Å². The van der Waals surface area contributed by atoms with E-state index in [0.717, 1.165) is 11.8 Å². The van der Waals surface area contributed by atoms with Gasteiger partial charge in [-0.25, -0.2) is 5.01 Å². The molecule has 0 aliphatic carbocycles. The van der Waals surface area contributed by atoms with Crippen LogP contribution in [0.15, 0.2) is 30.3 Å². The second-order valence-corrected chi connectivity index (χ2v) is 8.30. The Kier molecular flexibility index (Phi) is 9.01. The van der Waals surface area contributed by atoms with Crippen LogP contribution in [0.1, 0.15) is 16.8 Å². The number of nitrogens with zero attached hydrogens (tertiary/aromatic N) is 3. The topological polar surface area (TPSA) is 120 Å². The Bertz CT molecular complexity index is 1080. The molecule has 1 fully saturated rings. The number of pyridine rings is 1. The van der Waals surface area contributed by atoms with Gasteiger partial charge in [-0.05, 0) is 24.6 Å². The smallest absolute Gasteiger partial charge is 0.277 e. The second-order valence-electron chi connectivity index (χ2n) is 7.32. The first kappa shape index (κ1) is 25.9. The van der Waals surface area contributed by atoms with Crippen LogP contribution in [-0.4, -0.2) is 85.8 Å². The van der Waals surface area contributed by atoms with E-state index < -0.39 is 5.91 Å². The number of aromatic nitrogens is 1. The van der Waals surface area contributed by atoms with Gasteiger partial charge < -0.3 is 24.3 Å². The van der Waals surface area contributed by atoms with Crippen molar-refractivity contribution in [3.05, 3.63) is 35.9 Å². The van der Waals surface area contributed by atoms with Crippen molar-refractivity contribution in [3.8, 4) is 23.3 Å². The molecule has 0 bridgehead atoms. The van der Waals surface area contributed by atoms with Crippen molar-refractivity contribution >= 4 is 35.2 Å². The molecule has 1 aromatic heterocycles. The largest absolute Gasteiger partial charge is 0.497 e. The van der Waals surface area contributed by atoms with E-state index in [1.807, 2.05) is 0 Å². The first-order valence-corrected chi connectivity index (χ1v) is 11.9. The number of ether oxygens (including phenoxy) is 4. The van der Waals surface area contributed by atoms with E-state index in [1.165, 1.54) is 38.5 Å². The average molecular weight is 505 g/mol. The highest BCUT2D eigenvalue weighted by Crippen LogP contribution is 2.29. The number of amides is 3. The van der Waals surface area contributed by atoms with Gasteiger partial charge >= 0.3 is 0 Å². The van der Waals surface area contributed by atoms with Gasteiger partial charge in [0.15, 0.2) is 0 Å². The van der Waals surface area contributed by atoms with Crippen molar-refractivity contribution in [1.82, 2.24) is 15.0 Å². The van der Waals surface area contributed by atoms with Gasteiger partial charge in [0.1, 0.15) is 17.1 Å². The monoisotopic (exact) mass is 504 g/mol. The van der Waals surface area contributed by atoms with Gasteiger partial charge in [0.25, 0.3) is 11.8 Å². The van der Waals surface area contributed by atoms with Crippen LogP contribution >= 0.6 is 11.8 Å². The molecule has 3 rings (SSSR count). The van der Waals surface area contributed by atoms with Crippen molar-refractivity contribution in [2.75, 3.05) is 58.4 Å². The molecule has 0 unspecified atom stereocenters. The summed E-state index contributed by atoms with van der Waals surface area (Å²) in [5.41, 5.74) is 0.703. The van der Waals surface area contributed by atoms with Crippen LogP contribution in [0, 0.1) is 0 Å². The van der Waals surface area contributed by atoms with Crippen LogP contribution < -0.4 is 24.3 Å². The minimum Gasteiger partial charge on any atom is -0.497 e. The van der Waals surface area contributed by atoms with Gasteiger partial charge in [0.2, 0.25) is 17.7 Å². The van der Waals surface area contributed by atoms with E-state index in [1.54, 1.807) is 30.3 Å².